The Morgan fingerprint density at radius 1 is 0.488 bits per heavy atom. The van der Waals surface area contributed by atoms with E-state index >= 15 is 0 Å². The van der Waals surface area contributed by atoms with Crippen LogP contribution in [-0.4, -0.2) is 240 Å². The van der Waals surface area contributed by atoms with Crippen LogP contribution in [0.2, 0.25) is 0 Å². The SMILES string of the molecule is CCCc1nn(C)c2c(=O)[nH]c(-c3cc(CN4C[C@@H](C)N[C@@H](C)C4)ccc3OCC)nc12.CCCc1nn(C)c2c(=O)[nH]c(-c3cc(CN4C[C@@H](C)N[C@@H](C)C4)ccc3OCC)nc12.CCCc1nn(C)c2c(=O)[nH]c(-c3cc(S(=O)(=O)Cl)ccc3OCC)nc12.C[C@@H]1CNC[C@H](C)C1.O=COC(O)(CC(=O)O)CC(=O)O.O=COC(O)(CC(=O)O)CC(=O)O. The molecule has 0 saturated carbocycles. The molecule has 9 aromatic rings. The number of ether oxygens (including phenoxy) is 5. The molecule has 39 nitrogen and oxygen atoms in total. The molecule has 3 aliphatic rings. The van der Waals surface area contributed by atoms with Crippen molar-refractivity contribution in [3.63, 3.8) is 0 Å². The first-order valence-electron chi connectivity index (χ1n) is 41.5. The summed E-state index contributed by atoms with van der Waals surface area (Å²) in [6.07, 6.45) is 2.48. The molecule has 3 fully saturated rings. The number of carboxylic acid groups (broad SMARTS) is 4. The highest BCUT2D eigenvalue weighted by Gasteiger charge is 2.37. The molecule has 0 radical (unpaired) electrons. The number of aromatic nitrogens is 12. The van der Waals surface area contributed by atoms with Crippen molar-refractivity contribution in [1.29, 1.82) is 0 Å². The van der Waals surface area contributed by atoms with E-state index in [0.717, 1.165) is 117 Å². The van der Waals surface area contributed by atoms with E-state index < -0.39 is 70.2 Å². The number of hydrogen-bond acceptors (Lipinski definition) is 29. The Hall–Kier alpha value is -11.1. The van der Waals surface area contributed by atoms with Gasteiger partial charge in [0, 0.05) is 95.3 Å². The summed E-state index contributed by atoms with van der Waals surface area (Å²) in [5.41, 5.74) is 9.21. The minimum Gasteiger partial charge on any atom is -0.493 e. The number of rotatable bonds is 32. The van der Waals surface area contributed by atoms with E-state index in [1.165, 1.54) is 53.5 Å². The zero-order valence-electron chi connectivity index (χ0n) is 73.3. The molecule has 684 valence electrons. The van der Waals surface area contributed by atoms with Gasteiger partial charge in [0.25, 0.3) is 38.7 Å². The van der Waals surface area contributed by atoms with Gasteiger partial charge in [-0.15, -0.1) is 0 Å². The van der Waals surface area contributed by atoms with Gasteiger partial charge in [-0.2, -0.15) is 15.3 Å². The summed E-state index contributed by atoms with van der Waals surface area (Å²) in [5.74, 6) is -5.92. The Kier molecular flexibility index (Phi) is 37.8. The number of piperazine rings is 2. The van der Waals surface area contributed by atoms with E-state index in [1.54, 1.807) is 37.4 Å². The largest absolute Gasteiger partial charge is 0.493 e. The summed E-state index contributed by atoms with van der Waals surface area (Å²) < 4.78 is 53.5. The summed E-state index contributed by atoms with van der Waals surface area (Å²) in [6, 6.07) is 18.4. The molecule has 0 spiro atoms. The highest BCUT2D eigenvalue weighted by atomic mass is 35.7. The topological polar surface area (TPSA) is 537 Å². The van der Waals surface area contributed by atoms with E-state index in [1.807, 2.05) is 32.9 Å². The molecule has 12 N–H and O–H groups in total. The fourth-order valence-corrected chi connectivity index (χ4v) is 16.0. The van der Waals surface area contributed by atoms with Crippen LogP contribution in [0.4, 0.5) is 0 Å². The van der Waals surface area contributed by atoms with Crippen LogP contribution in [-0.2, 0) is 101 Å². The number of nitrogens with zero attached hydrogens (tertiary/aromatic N) is 11. The zero-order valence-corrected chi connectivity index (χ0v) is 74.9. The van der Waals surface area contributed by atoms with Gasteiger partial charge in [0.1, 0.15) is 77.0 Å². The summed E-state index contributed by atoms with van der Waals surface area (Å²) in [4.78, 5) is 126. The maximum Gasteiger partial charge on any atom is 0.310 e. The van der Waals surface area contributed by atoms with Gasteiger partial charge in [0.2, 0.25) is 11.6 Å². The summed E-state index contributed by atoms with van der Waals surface area (Å²) >= 11 is 0. The molecular formula is C84H118ClN17O22S. The van der Waals surface area contributed by atoms with Crippen LogP contribution in [0.5, 0.6) is 17.2 Å². The van der Waals surface area contributed by atoms with E-state index in [-0.39, 0.29) is 40.3 Å². The van der Waals surface area contributed by atoms with E-state index in [4.69, 9.17) is 65.5 Å². The highest BCUT2D eigenvalue weighted by Crippen LogP contribution is 2.35. The van der Waals surface area contributed by atoms with Gasteiger partial charge in [0.05, 0.1) is 58.5 Å². The molecule has 3 aromatic carbocycles. The van der Waals surface area contributed by atoms with Gasteiger partial charge in [-0.25, -0.2) is 23.4 Å². The van der Waals surface area contributed by atoms with Crippen molar-refractivity contribution >= 4 is 89.7 Å². The third kappa shape index (κ3) is 29.2. The molecule has 6 atom stereocenters. The standard InChI is InChI=1S/2C24H34N6O2.C17H19ClN4O4S.C7H15N.2C6H8O7/c2*1-6-8-19-21-22(29(5)28-19)24(31)27-23(26-21)18-11-17(9-10-20(18)32-7-2)14-30-12-15(3)25-16(4)13-30;1-4-6-12-14-15(22(3)21-12)17(23)20-16(19-14)11-9-10(27(18,24)25)7-8-13(11)26-5-2;1-6-3-7(2)5-8-4-6;2*7-3-13-6(12,1-4(8)9)2-5(10)11/h2*9-11,15-16,25H,6-8,12-14H2,1-5H3,(H,26,27,31);7-9H,4-6H2,1-3H3,(H,19,20,23);6-8H,3-5H2,1-2H3;2*3,12H,1-2H2,(H,8,9)(H,10,11)/t2*15-,16+;;6-,7+;;. The van der Waals surface area contributed by atoms with Crippen LogP contribution < -0.4 is 46.8 Å². The number of carbonyl (C=O) groups excluding carboxylic acids is 2. The number of piperidine rings is 1. The highest BCUT2D eigenvalue weighted by molar-refractivity contribution is 8.13. The number of benzene rings is 3. The molecule has 12 rings (SSSR count). The monoisotopic (exact) mass is 1780 g/mol. The Bertz CT molecular complexity index is 5210. The van der Waals surface area contributed by atoms with Gasteiger partial charge >= 0.3 is 23.9 Å². The first-order valence-corrected chi connectivity index (χ1v) is 43.8. The Balaban J connectivity index is 0.000000218. The number of carbonyl (C=O) groups is 6. The van der Waals surface area contributed by atoms with Crippen molar-refractivity contribution in [2.45, 2.75) is 207 Å². The number of fused-ring (bicyclic) bond motifs is 3. The first-order chi connectivity index (χ1) is 59.1. The quantitative estimate of drug-likeness (QED) is 0.0113. The van der Waals surface area contributed by atoms with Crippen LogP contribution in [0, 0.1) is 11.8 Å². The lowest BCUT2D eigenvalue weighted by atomic mass is 9.94. The van der Waals surface area contributed by atoms with Crippen LogP contribution in [0.15, 0.2) is 73.9 Å². The molecule has 0 unspecified atom stereocenters. The van der Waals surface area contributed by atoms with E-state index in [0.29, 0.717) is 112 Å². The maximum absolute atomic E-state index is 12.9. The Morgan fingerprint density at radius 3 is 1.04 bits per heavy atom. The van der Waals surface area contributed by atoms with E-state index in [9.17, 15) is 51.6 Å². The lowest BCUT2D eigenvalue weighted by Gasteiger charge is -2.36. The number of carboxylic acids is 4. The number of aliphatic carboxylic acids is 4. The smallest absolute Gasteiger partial charge is 0.310 e. The van der Waals surface area contributed by atoms with Crippen LogP contribution in [0.25, 0.3) is 67.3 Å². The van der Waals surface area contributed by atoms with Crippen molar-refractivity contribution in [2.75, 3.05) is 59.1 Å². The second kappa shape index (κ2) is 46.7. The van der Waals surface area contributed by atoms with Crippen molar-refractivity contribution in [3.05, 3.63) is 114 Å². The summed E-state index contributed by atoms with van der Waals surface area (Å²) in [6.45, 7) is 34.6. The molecule has 3 saturated heterocycles. The molecule has 3 aliphatic heterocycles. The average molecular weight is 1790 g/mol. The lowest BCUT2D eigenvalue weighted by molar-refractivity contribution is -0.211. The Labute approximate surface area is 727 Å². The third-order valence-corrected chi connectivity index (χ3v) is 21.2. The minimum atomic E-state index is -3.95. The number of aryl methyl sites for hydroxylation is 6. The molecule has 9 heterocycles. The second-order valence-corrected chi connectivity index (χ2v) is 34.0. The number of H-pyrrole nitrogens is 3. The van der Waals surface area contributed by atoms with Crippen LogP contribution >= 0.6 is 10.7 Å². The number of aliphatic hydroxyl groups is 2. The molecule has 0 amide bonds. The van der Waals surface area contributed by atoms with Gasteiger partial charge in [-0.05, 0) is 153 Å². The minimum absolute atomic E-state index is 0.106. The summed E-state index contributed by atoms with van der Waals surface area (Å²) in [5, 5.41) is 75.2. The van der Waals surface area contributed by atoms with Crippen LogP contribution in [0.3, 0.4) is 0 Å². The molecule has 125 heavy (non-hydrogen) atoms. The maximum atomic E-state index is 12.9. The molecule has 6 aromatic heterocycles. The first kappa shape index (κ1) is 101. The normalized spacial score (nSPS) is 17.3. The van der Waals surface area contributed by atoms with Gasteiger partial charge < -0.3 is 85.2 Å². The van der Waals surface area contributed by atoms with Crippen molar-refractivity contribution < 1.29 is 91.5 Å². The fourth-order valence-electron chi connectivity index (χ4n) is 15.3. The molecular weight excluding hydrogens is 1670 g/mol. The predicted octanol–water partition coefficient (Wildman–Crippen LogP) is 7.16. The van der Waals surface area contributed by atoms with Crippen molar-refractivity contribution in [1.82, 2.24) is 85.0 Å². The molecule has 0 aliphatic carbocycles. The Morgan fingerprint density at radius 2 is 0.784 bits per heavy atom. The second-order valence-electron chi connectivity index (χ2n) is 31.4. The summed E-state index contributed by atoms with van der Waals surface area (Å²) in [7, 11) is 6.79. The van der Waals surface area contributed by atoms with E-state index in [2.05, 4.69) is 150 Å². The zero-order chi connectivity index (χ0) is 92.4. The molecule has 41 heteroatoms. The number of nitrogens with one attached hydrogen (secondary N) is 6. The van der Waals surface area contributed by atoms with Crippen molar-refractivity contribution in [3.8, 4) is 51.4 Å². The fraction of sp³-hybridized carbons (Fsp3) is 0.536. The number of halogens is 1. The van der Waals surface area contributed by atoms with Gasteiger partial charge in [-0.3, -0.25) is 67.0 Å². The molecule has 0 bridgehead atoms. The number of hydrogen-bond donors (Lipinski definition) is 12. The lowest BCUT2D eigenvalue weighted by Crippen LogP contribution is -2.53. The van der Waals surface area contributed by atoms with Crippen molar-refractivity contribution in [2.24, 2.45) is 33.0 Å². The third-order valence-electron chi connectivity index (χ3n) is 19.8. The predicted molar refractivity (Wildman–Crippen MR) is 466 cm³/mol. The van der Waals surface area contributed by atoms with Gasteiger partial charge in [-0.1, -0.05) is 66.0 Å². The average Bonchev–Trinajstić information content (AvgIpc) is 1.66. The van der Waals surface area contributed by atoms with Crippen LogP contribution in [0.1, 0.15) is 163 Å². The number of aromatic amines is 3. The van der Waals surface area contributed by atoms with Gasteiger partial charge in [0.15, 0.2) is 16.6 Å².